The largest absolute Gasteiger partial charge is 0.381 e. The van der Waals surface area contributed by atoms with E-state index in [2.05, 4.69) is 32.2 Å². The fraction of sp³-hybridized carbons (Fsp3) is 0.941. The van der Waals surface area contributed by atoms with Crippen LogP contribution < -0.4 is 5.32 Å². The molecule has 1 aliphatic carbocycles. The van der Waals surface area contributed by atoms with Gasteiger partial charge in [-0.25, -0.2) is 0 Å². The summed E-state index contributed by atoms with van der Waals surface area (Å²) in [6, 6.07) is 2.79. The Morgan fingerprint density at radius 3 is 2.62 bits per heavy atom. The molecule has 3 atom stereocenters. The molecule has 122 valence electrons. The van der Waals surface area contributed by atoms with Crippen LogP contribution in [0.25, 0.3) is 0 Å². The van der Waals surface area contributed by atoms with Gasteiger partial charge in [0.05, 0.1) is 18.3 Å². The monoisotopic (exact) mass is 296 g/mol. The van der Waals surface area contributed by atoms with Crippen molar-refractivity contribution in [2.45, 2.75) is 89.5 Å². The Balaban J connectivity index is 2.29. The molecule has 4 heteroatoms. The second-order valence-corrected chi connectivity index (χ2v) is 6.47. The number of hydrogen-bond acceptors (Lipinski definition) is 4. The lowest BCUT2D eigenvalue weighted by Gasteiger charge is -2.30. The molecule has 0 aromatic carbocycles. The molecular weight excluding hydrogens is 264 g/mol. The molecule has 0 aromatic rings. The third kappa shape index (κ3) is 6.34. The topological polar surface area (TPSA) is 54.3 Å². The van der Waals surface area contributed by atoms with E-state index in [-0.39, 0.29) is 0 Å². The standard InChI is InChI=1S/C17H32N2O2/c1-5-17(13-18,19-14(2)3)10-7-11-21-16-9-6-8-15(12-16)20-4/h14-16,19H,5-12H2,1-4H3. The van der Waals surface area contributed by atoms with Gasteiger partial charge in [0.15, 0.2) is 0 Å². The summed E-state index contributed by atoms with van der Waals surface area (Å²) >= 11 is 0. The van der Waals surface area contributed by atoms with Crippen LogP contribution in [0.2, 0.25) is 0 Å². The quantitative estimate of drug-likeness (QED) is 0.662. The maximum atomic E-state index is 9.47. The van der Waals surface area contributed by atoms with Crippen molar-refractivity contribution in [1.82, 2.24) is 5.32 Å². The molecule has 1 rings (SSSR count). The van der Waals surface area contributed by atoms with Gasteiger partial charge >= 0.3 is 0 Å². The highest BCUT2D eigenvalue weighted by Crippen LogP contribution is 2.24. The van der Waals surface area contributed by atoms with E-state index in [1.54, 1.807) is 7.11 Å². The predicted molar refractivity (Wildman–Crippen MR) is 85.1 cm³/mol. The zero-order chi connectivity index (χ0) is 15.7. The summed E-state index contributed by atoms with van der Waals surface area (Å²) in [6.07, 6.45) is 7.79. The summed E-state index contributed by atoms with van der Waals surface area (Å²) in [6.45, 7) is 6.99. The molecule has 1 aliphatic rings. The van der Waals surface area contributed by atoms with Gasteiger partial charge in [0.25, 0.3) is 0 Å². The molecule has 0 heterocycles. The number of nitriles is 1. The molecule has 1 fully saturated rings. The molecular formula is C17H32N2O2. The number of rotatable bonds is 9. The minimum Gasteiger partial charge on any atom is -0.381 e. The van der Waals surface area contributed by atoms with Crippen molar-refractivity contribution in [3.63, 3.8) is 0 Å². The van der Waals surface area contributed by atoms with E-state index < -0.39 is 5.54 Å². The summed E-state index contributed by atoms with van der Waals surface area (Å²) in [5.74, 6) is 0. The van der Waals surface area contributed by atoms with Crippen molar-refractivity contribution in [3.05, 3.63) is 0 Å². The van der Waals surface area contributed by atoms with Gasteiger partial charge in [-0.1, -0.05) is 6.92 Å². The predicted octanol–water partition coefficient (Wildman–Crippen LogP) is 3.41. The Kier molecular flexibility index (Phi) is 8.24. The molecule has 4 nitrogen and oxygen atoms in total. The molecule has 0 spiro atoms. The third-order valence-electron chi connectivity index (χ3n) is 4.40. The molecule has 3 unspecified atom stereocenters. The zero-order valence-electron chi connectivity index (χ0n) is 14.2. The summed E-state index contributed by atoms with van der Waals surface area (Å²) in [5.41, 5.74) is -0.404. The number of hydrogen-bond donors (Lipinski definition) is 1. The van der Waals surface area contributed by atoms with Crippen LogP contribution in [0, 0.1) is 11.3 Å². The normalized spacial score (nSPS) is 25.5. The molecule has 1 N–H and O–H groups in total. The molecule has 0 aliphatic heterocycles. The molecule has 0 aromatic heterocycles. The Bertz CT molecular complexity index is 327. The van der Waals surface area contributed by atoms with Crippen LogP contribution >= 0.6 is 0 Å². The van der Waals surface area contributed by atoms with Crippen molar-refractivity contribution >= 4 is 0 Å². The number of nitrogens with zero attached hydrogens (tertiary/aromatic N) is 1. The SMILES string of the molecule is CCC(C#N)(CCCOC1CCCC(OC)C1)NC(C)C. The van der Waals surface area contributed by atoms with Crippen LogP contribution in [0.1, 0.15) is 65.7 Å². The first-order valence-electron chi connectivity index (χ1n) is 8.38. The lowest BCUT2D eigenvalue weighted by molar-refractivity contribution is -0.0311. The van der Waals surface area contributed by atoms with Crippen LogP contribution in [0.5, 0.6) is 0 Å². The second kappa shape index (κ2) is 9.40. The lowest BCUT2D eigenvalue weighted by Crippen LogP contribution is -2.47. The van der Waals surface area contributed by atoms with Crippen LogP contribution in [0.3, 0.4) is 0 Å². The Morgan fingerprint density at radius 2 is 2.05 bits per heavy atom. The zero-order valence-corrected chi connectivity index (χ0v) is 14.2. The van der Waals surface area contributed by atoms with Gasteiger partial charge in [0, 0.05) is 19.8 Å². The van der Waals surface area contributed by atoms with Crippen LogP contribution in [-0.2, 0) is 9.47 Å². The minimum absolute atomic E-state index is 0.325. The number of ether oxygens (including phenoxy) is 2. The van der Waals surface area contributed by atoms with Crippen molar-refractivity contribution < 1.29 is 9.47 Å². The van der Waals surface area contributed by atoms with Crippen LogP contribution in [0.15, 0.2) is 0 Å². The van der Waals surface area contributed by atoms with Gasteiger partial charge < -0.3 is 9.47 Å². The van der Waals surface area contributed by atoms with Crippen molar-refractivity contribution in [2.75, 3.05) is 13.7 Å². The van der Waals surface area contributed by atoms with E-state index in [0.717, 1.165) is 45.1 Å². The third-order valence-corrected chi connectivity index (χ3v) is 4.40. The lowest BCUT2D eigenvalue weighted by atomic mass is 9.91. The number of methoxy groups -OCH3 is 1. The van der Waals surface area contributed by atoms with Gasteiger partial charge in [-0.3, -0.25) is 5.32 Å². The maximum absolute atomic E-state index is 9.47. The van der Waals surface area contributed by atoms with E-state index in [4.69, 9.17) is 9.47 Å². The molecule has 1 saturated carbocycles. The van der Waals surface area contributed by atoms with Gasteiger partial charge in [0.2, 0.25) is 0 Å². The summed E-state index contributed by atoms with van der Waals surface area (Å²) in [5, 5.41) is 12.9. The fourth-order valence-corrected chi connectivity index (χ4v) is 3.16. The summed E-state index contributed by atoms with van der Waals surface area (Å²) < 4.78 is 11.4. The maximum Gasteiger partial charge on any atom is 0.106 e. The highest BCUT2D eigenvalue weighted by molar-refractivity contribution is 5.06. The first-order valence-corrected chi connectivity index (χ1v) is 8.38. The summed E-state index contributed by atoms with van der Waals surface area (Å²) in [7, 11) is 1.78. The van der Waals surface area contributed by atoms with Gasteiger partial charge in [-0.2, -0.15) is 5.26 Å². The molecule has 21 heavy (non-hydrogen) atoms. The van der Waals surface area contributed by atoms with E-state index in [9.17, 15) is 5.26 Å². The van der Waals surface area contributed by atoms with Crippen molar-refractivity contribution in [2.24, 2.45) is 0 Å². The second-order valence-electron chi connectivity index (χ2n) is 6.47. The molecule has 0 saturated heterocycles. The average molecular weight is 296 g/mol. The van der Waals surface area contributed by atoms with Gasteiger partial charge in [-0.05, 0) is 58.8 Å². The Hall–Kier alpha value is -0.630. The Labute approximate surface area is 130 Å². The highest BCUT2D eigenvalue weighted by Gasteiger charge is 2.28. The first kappa shape index (κ1) is 18.4. The first-order chi connectivity index (χ1) is 10.0. The van der Waals surface area contributed by atoms with Crippen molar-refractivity contribution in [1.29, 1.82) is 5.26 Å². The Morgan fingerprint density at radius 1 is 1.33 bits per heavy atom. The number of nitrogens with one attached hydrogen (secondary N) is 1. The van der Waals surface area contributed by atoms with E-state index >= 15 is 0 Å². The molecule has 0 radical (unpaired) electrons. The van der Waals surface area contributed by atoms with Gasteiger partial charge in [-0.15, -0.1) is 0 Å². The fourth-order valence-electron chi connectivity index (χ4n) is 3.16. The minimum atomic E-state index is -0.404. The van der Waals surface area contributed by atoms with E-state index in [1.807, 2.05) is 0 Å². The van der Waals surface area contributed by atoms with Crippen LogP contribution in [-0.4, -0.2) is 37.5 Å². The average Bonchev–Trinajstić information content (AvgIpc) is 2.50. The van der Waals surface area contributed by atoms with Crippen molar-refractivity contribution in [3.8, 4) is 6.07 Å². The molecule has 0 amide bonds. The van der Waals surface area contributed by atoms with Crippen LogP contribution in [0.4, 0.5) is 0 Å². The van der Waals surface area contributed by atoms with Gasteiger partial charge in [0.1, 0.15) is 5.54 Å². The molecule has 0 bridgehead atoms. The smallest absolute Gasteiger partial charge is 0.106 e. The highest BCUT2D eigenvalue weighted by atomic mass is 16.5. The van der Waals surface area contributed by atoms with E-state index in [1.165, 1.54) is 6.42 Å². The summed E-state index contributed by atoms with van der Waals surface area (Å²) in [4.78, 5) is 0. The van der Waals surface area contributed by atoms with E-state index in [0.29, 0.717) is 18.2 Å².